The minimum Gasteiger partial charge on any atom is -0.379 e. The van der Waals surface area contributed by atoms with Crippen LogP contribution in [0.3, 0.4) is 0 Å². The second kappa shape index (κ2) is 13.3. The number of hydrogen-bond acceptors (Lipinski definition) is 4. The van der Waals surface area contributed by atoms with Gasteiger partial charge in [0.15, 0.2) is 5.96 Å². The predicted octanol–water partition coefficient (Wildman–Crippen LogP) is 1.79. The molecule has 1 saturated heterocycles. The minimum atomic E-state index is 0. The quantitative estimate of drug-likeness (QED) is 0.245. The number of halogens is 1. The second-order valence-electron chi connectivity index (χ2n) is 6.59. The molecule has 8 heteroatoms. The van der Waals surface area contributed by atoms with E-state index < -0.39 is 0 Å². The highest BCUT2D eigenvalue weighted by Gasteiger charge is 2.09. The number of nitrogens with zero attached hydrogens (tertiary/aromatic N) is 4. The average molecular weight is 478 g/mol. The van der Waals surface area contributed by atoms with Gasteiger partial charge in [0.05, 0.1) is 18.9 Å². The van der Waals surface area contributed by atoms with E-state index in [1.807, 2.05) is 14.0 Å². The van der Waals surface area contributed by atoms with Crippen LogP contribution in [0.2, 0.25) is 0 Å². The van der Waals surface area contributed by atoms with Crippen LogP contribution in [0, 0.1) is 13.8 Å². The van der Waals surface area contributed by atoms with Crippen molar-refractivity contribution in [2.45, 2.75) is 39.7 Å². The average Bonchev–Trinajstić information content (AvgIpc) is 2.94. The molecule has 1 aromatic heterocycles. The fraction of sp³-hybridized carbons (Fsp3) is 0.778. The molecule has 1 aliphatic heterocycles. The Balaban J connectivity index is 0.00000338. The van der Waals surface area contributed by atoms with Crippen LogP contribution in [0.5, 0.6) is 0 Å². The van der Waals surface area contributed by atoms with Gasteiger partial charge in [0, 0.05) is 45.5 Å². The highest BCUT2D eigenvalue weighted by atomic mass is 127. The molecule has 0 saturated carbocycles. The lowest BCUT2D eigenvalue weighted by molar-refractivity contribution is 0.0372. The van der Waals surface area contributed by atoms with Gasteiger partial charge in [-0.3, -0.25) is 14.6 Å². The summed E-state index contributed by atoms with van der Waals surface area (Å²) >= 11 is 0. The standard InChI is InChI=1S/C18H34N6O.HI/c1-16-15-17(2)24(22-16)10-6-8-21-18(19-3)20-7-4-5-9-23-11-13-25-14-12-23;/h15H,4-14H2,1-3H3,(H2,19,20,21);1H. The summed E-state index contributed by atoms with van der Waals surface area (Å²) in [4.78, 5) is 6.77. The van der Waals surface area contributed by atoms with E-state index in [-0.39, 0.29) is 24.0 Å². The molecule has 1 aromatic rings. The van der Waals surface area contributed by atoms with Crippen LogP contribution < -0.4 is 10.6 Å². The number of morpholine rings is 1. The minimum absolute atomic E-state index is 0. The molecule has 0 radical (unpaired) electrons. The molecule has 1 fully saturated rings. The van der Waals surface area contributed by atoms with Crippen LogP contribution in [0.15, 0.2) is 11.1 Å². The summed E-state index contributed by atoms with van der Waals surface area (Å²) in [5.41, 5.74) is 2.31. The van der Waals surface area contributed by atoms with Gasteiger partial charge in [0.25, 0.3) is 0 Å². The normalized spacial score (nSPS) is 15.6. The molecular formula is C18H35IN6O. The van der Waals surface area contributed by atoms with Crippen LogP contribution in [0.4, 0.5) is 0 Å². The van der Waals surface area contributed by atoms with Gasteiger partial charge in [-0.25, -0.2) is 0 Å². The van der Waals surface area contributed by atoms with E-state index >= 15 is 0 Å². The molecule has 2 heterocycles. The van der Waals surface area contributed by atoms with Crippen molar-refractivity contribution in [2.75, 3.05) is 53.0 Å². The highest BCUT2D eigenvalue weighted by Crippen LogP contribution is 2.02. The third-order valence-electron chi connectivity index (χ3n) is 4.46. The molecule has 150 valence electrons. The van der Waals surface area contributed by atoms with Gasteiger partial charge < -0.3 is 15.4 Å². The van der Waals surface area contributed by atoms with Crippen molar-refractivity contribution in [3.63, 3.8) is 0 Å². The van der Waals surface area contributed by atoms with E-state index in [1.165, 1.54) is 18.7 Å². The van der Waals surface area contributed by atoms with Crippen molar-refractivity contribution in [3.05, 3.63) is 17.5 Å². The maximum Gasteiger partial charge on any atom is 0.190 e. The molecule has 0 unspecified atom stereocenters. The number of hydrogen-bond donors (Lipinski definition) is 2. The number of guanidine groups is 1. The van der Waals surface area contributed by atoms with E-state index in [4.69, 9.17) is 4.74 Å². The van der Waals surface area contributed by atoms with E-state index in [2.05, 4.69) is 43.3 Å². The van der Waals surface area contributed by atoms with Crippen LogP contribution in [-0.4, -0.2) is 73.6 Å². The molecule has 2 rings (SSSR count). The van der Waals surface area contributed by atoms with Gasteiger partial charge in [-0.1, -0.05) is 0 Å². The smallest absolute Gasteiger partial charge is 0.190 e. The molecule has 0 spiro atoms. The summed E-state index contributed by atoms with van der Waals surface area (Å²) in [6.07, 6.45) is 3.39. The third kappa shape index (κ3) is 8.68. The zero-order chi connectivity index (χ0) is 17.9. The summed E-state index contributed by atoms with van der Waals surface area (Å²) in [6.45, 7) is 12.0. The molecule has 2 N–H and O–H groups in total. The topological polar surface area (TPSA) is 66.7 Å². The maximum absolute atomic E-state index is 5.37. The number of aryl methyl sites for hydroxylation is 3. The zero-order valence-corrected chi connectivity index (χ0v) is 18.8. The van der Waals surface area contributed by atoms with E-state index in [0.29, 0.717) is 0 Å². The van der Waals surface area contributed by atoms with Crippen molar-refractivity contribution in [1.29, 1.82) is 0 Å². The van der Waals surface area contributed by atoms with Crippen molar-refractivity contribution < 1.29 is 4.74 Å². The molecule has 0 aromatic carbocycles. The van der Waals surface area contributed by atoms with E-state index in [0.717, 1.165) is 70.4 Å². The van der Waals surface area contributed by atoms with Crippen LogP contribution >= 0.6 is 24.0 Å². The lowest BCUT2D eigenvalue weighted by atomic mass is 10.3. The first kappa shape index (κ1) is 23.2. The number of aromatic nitrogens is 2. The molecule has 0 amide bonds. The predicted molar refractivity (Wildman–Crippen MR) is 118 cm³/mol. The molecule has 1 aliphatic rings. The Morgan fingerprint density at radius 1 is 1.12 bits per heavy atom. The molecule has 0 atom stereocenters. The van der Waals surface area contributed by atoms with Crippen molar-refractivity contribution in [2.24, 2.45) is 4.99 Å². The SMILES string of the molecule is CN=C(NCCCCN1CCOCC1)NCCCn1nc(C)cc1C.I. The van der Waals surface area contributed by atoms with Gasteiger partial charge in [-0.15, -0.1) is 24.0 Å². The first-order chi connectivity index (χ1) is 12.2. The monoisotopic (exact) mass is 478 g/mol. The number of rotatable bonds is 9. The fourth-order valence-corrected chi connectivity index (χ4v) is 3.05. The number of unbranched alkanes of at least 4 members (excludes halogenated alkanes) is 1. The van der Waals surface area contributed by atoms with Gasteiger partial charge in [0.1, 0.15) is 0 Å². The molecule has 26 heavy (non-hydrogen) atoms. The third-order valence-corrected chi connectivity index (χ3v) is 4.46. The molecule has 0 bridgehead atoms. The Labute approximate surface area is 175 Å². The van der Waals surface area contributed by atoms with E-state index in [9.17, 15) is 0 Å². The Morgan fingerprint density at radius 2 is 1.81 bits per heavy atom. The Morgan fingerprint density at radius 3 is 2.42 bits per heavy atom. The lowest BCUT2D eigenvalue weighted by Crippen LogP contribution is -2.39. The van der Waals surface area contributed by atoms with Gasteiger partial charge in [-0.2, -0.15) is 5.10 Å². The van der Waals surface area contributed by atoms with Gasteiger partial charge in [-0.05, 0) is 45.7 Å². The Bertz CT molecular complexity index is 528. The fourth-order valence-electron chi connectivity index (χ4n) is 3.05. The Hall–Kier alpha value is -0.870. The summed E-state index contributed by atoms with van der Waals surface area (Å²) in [6, 6.07) is 2.12. The second-order valence-corrected chi connectivity index (χ2v) is 6.59. The summed E-state index contributed by atoms with van der Waals surface area (Å²) in [7, 11) is 1.82. The van der Waals surface area contributed by atoms with Crippen LogP contribution in [-0.2, 0) is 11.3 Å². The molecule has 7 nitrogen and oxygen atoms in total. The van der Waals surface area contributed by atoms with Gasteiger partial charge in [0.2, 0.25) is 0 Å². The van der Waals surface area contributed by atoms with Gasteiger partial charge >= 0.3 is 0 Å². The van der Waals surface area contributed by atoms with Crippen LogP contribution in [0.25, 0.3) is 0 Å². The number of aliphatic imine (C=N–C) groups is 1. The zero-order valence-electron chi connectivity index (χ0n) is 16.5. The van der Waals surface area contributed by atoms with Crippen molar-refractivity contribution >= 4 is 29.9 Å². The summed E-state index contributed by atoms with van der Waals surface area (Å²) in [5.74, 6) is 0.889. The molecular weight excluding hydrogens is 443 g/mol. The maximum atomic E-state index is 5.37. The Kier molecular flexibility index (Phi) is 11.9. The summed E-state index contributed by atoms with van der Waals surface area (Å²) < 4.78 is 7.44. The van der Waals surface area contributed by atoms with E-state index in [1.54, 1.807) is 0 Å². The highest BCUT2D eigenvalue weighted by molar-refractivity contribution is 14.0. The molecule has 0 aliphatic carbocycles. The summed E-state index contributed by atoms with van der Waals surface area (Å²) in [5, 5.41) is 11.3. The van der Waals surface area contributed by atoms with Crippen LogP contribution in [0.1, 0.15) is 30.7 Å². The number of nitrogens with one attached hydrogen (secondary N) is 2. The first-order valence-electron chi connectivity index (χ1n) is 9.44. The number of ether oxygens (including phenoxy) is 1. The lowest BCUT2D eigenvalue weighted by Gasteiger charge is -2.26. The first-order valence-corrected chi connectivity index (χ1v) is 9.44. The largest absolute Gasteiger partial charge is 0.379 e. The van der Waals surface area contributed by atoms with Crippen molar-refractivity contribution in [1.82, 2.24) is 25.3 Å². The van der Waals surface area contributed by atoms with Crippen molar-refractivity contribution in [3.8, 4) is 0 Å².